The maximum Gasteiger partial charge on any atom is 0.0419 e. The van der Waals surface area contributed by atoms with E-state index in [0.717, 1.165) is 30.6 Å². The molecule has 3 rings (SSSR count). The van der Waals surface area contributed by atoms with Crippen LogP contribution < -0.4 is 5.32 Å². The molecule has 1 aromatic heterocycles. The van der Waals surface area contributed by atoms with E-state index < -0.39 is 0 Å². The van der Waals surface area contributed by atoms with Crippen LogP contribution in [0.5, 0.6) is 0 Å². The van der Waals surface area contributed by atoms with Crippen LogP contribution in [0.2, 0.25) is 0 Å². The molecular formula is C16H24N2. The summed E-state index contributed by atoms with van der Waals surface area (Å²) >= 11 is 0. The lowest BCUT2D eigenvalue weighted by atomic mass is 9.91. The van der Waals surface area contributed by atoms with Crippen molar-refractivity contribution in [3.63, 3.8) is 0 Å². The highest BCUT2D eigenvalue weighted by atomic mass is 14.9. The summed E-state index contributed by atoms with van der Waals surface area (Å²) in [6.07, 6.45) is 8.61. The van der Waals surface area contributed by atoms with Gasteiger partial charge in [-0.2, -0.15) is 0 Å². The number of hydrogen-bond donors (Lipinski definition) is 1. The van der Waals surface area contributed by atoms with Crippen LogP contribution in [0.4, 0.5) is 0 Å². The molecule has 2 saturated carbocycles. The highest BCUT2D eigenvalue weighted by molar-refractivity contribution is 5.15. The monoisotopic (exact) mass is 244 g/mol. The fraction of sp³-hybridized carbons (Fsp3) is 0.688. The Bertz CT molecular complexity index is 388. The van der Waals surface area contributed by atoms with Gasteiger partial charge in [-0.05, 0) is 62.1 Å². The molecule has 3 atom stereocenters. The topological polar surface area (TPSA) is 24.9 Å². The molecule has 1 heterocycles. The van der Waals surface area contributed by atoms with Gasteiger partial charge in [0.05, 0.1) is 0 Å². The Hall–Kier alpha value is -0.890. The van der Waals surface area contributed by atoms with Crippen LogP contribution in [0.1, 0.15) is 37.4 Å². The molecule has 0 aromatic carbocycles. The van der Waals surface area contributed by atoms with Gasteiger partial charge in [0.15, 0.2) is 0 Å². The second-order valence-electron chi connectivity index (χ2n) is 6.10. The summed E-state index contributed by atoms with van der Waals surface area (Å²) in [5, 5.41) is 3.52. The maximum absolute atomic E-state index is 4.60. The summed E-state index contributed by atoms with van der Waals surface area (Å²) in [6.45, 7) is 2.18. The minimum atomic E-state index is 0.623. The minimum absolute atomic E-state index is 0.623. The number of fused-ring (bicyclic) bond motifs is 1. The molecule has 0 amide bonds. The molecule has 2 aliphatic rings. The van der Waals surface area contributed by atoms with Gasteiger partial charge in [-0.3, -0.25) is 4.98 Å². The summed E-state index contributed by atoms with van der Waals surface area (Å²) in [7, 11) is 2.11. The van der Waals surface area contributed by atoms with Crippen LogP contribution in [0.3, 0.4) is 0 Å². The molecule has 0 saturated heterocycles. The average Bonchev–Trinajstić information content (AvgIpc) is 3.03. The van der Waals surface area contributed by atoms with Gasteiger partial charge in [0.1, 0.15) is 0 Å². The second-order valence-corrected chi connectivity index (χ2v) is 6.10. The van der Waals surface area contributed by atoms with Gasteiger partial charge in [0.2, 0.25) is 0 Å². The molecule has 2 fully saturated rings. The predicted molar refractivity (Wildman–Crippen MR) is 74.5 cm³/mol. The lowest BCUT2D eigenvalue weighted by Gasteiger charge is -2.24. The summed E-state index contributed by atoms with van der Waals surface area (Å²) in [5.74, 6) is 3.02. The van der Waals surface area contributed by atoms with Crippen LogP contribution in [0, 0.1) is 17.8 Å². The Morgan fingerprint density at radius 1 is 1.28 bits per heavy atom. The maximum atomic E-state index is 4.60. The Morgan fingerprint density at radius 2 is 2.06 bits per heavy atom. The molecular weight excluding hydrogens is 220 g/mol. The average molecular weight is 244 g/mol. The van der Waals surface area contributed by atoms with Gasteiger partial charge in [-0.25, -0.2) is 0 Å². The number of rotatable bonds is 5. The quantitative estimate of drug-likeness (QED) is 0.861. The summed E-state index contributed by atoms with van der Waals surface area (Å²) < 4.78 is 0. The van der Waals surface area contributed by atoms with Crippen molar-refractivity contribution in [2.24, 2.45) is 17.8 Å². The number of pyridine rings is 1. The third-order valence-corrected chi connectivity index (χ3v) is 4.94. The predicted octanol–water partition coefficient (Wildman–Crippen LogP) is 2.82. The van der Waals surface area contributed by atoms with Gasteiger partial charge in [-0.15, -0.1) is 0 Å². The zero-order valence-corrected chi connectivity index (χ0v) is 11.5. The summed E-state index contributed by atoms with van der Waals surface area (Å²) in [5.41, 5.74) is 2.58. The van der Waals surface area contributed by atoms with E-state index in [-0.39, 0.29) is 0 Å². The molecule has 0 bridgehead atoms. The fourth-order valence-electron chi connectivity index (χ4n) is 3.60. The largest absolute Gasteiger partial charge is 0.316 e. The lowest BCUT2D eigenvalue weighted by molar-refractivity contribution is 0.347. The van der Waals surface area contributed by atoms with Gasteiger partial charge in [0, 0.05) is 24.4 Å². The number of nitrogens with zero attached hydrogens (tertiary/aromatic N) is 1. The third kappa shape index (κ3) is 2.44. The van der Waals surface area contributed by atoms with Gasteiger partial charge >= 0.3 is 0 Å². The van der Waals surface area contributed by atoms with Gasteiger partial charge < -0.3 is 5.32 Å². The van der Waals surface area contributed by atoms with Crippen LogP contribution in [-0.2, 0) is 12.8 Å². The molecule has 3 unspecified atom stereocenters. The van der Waals surface area contributed by atoms with Crippen molar-refractivity contribution in [3.8, 4) is 0 Å². The molecule has 98 valence electrons. The van der Waals surface area contributed by atoms with Crippen molar-refractivity contribution in [2.75, 3.05) is 7.05 Å². The van der Waals surface area contributed by atoms with Crippen molar-refractivity contribution in [1.29, 1.82) is 0 Å². The lowest BCUT2D eigenvalue weighted by Crippen LogP contribution is -2.35. The molecule has 2 heteroatoms. The SMILES string of the molecule is CCc1ccc(CC(NC)C2CC3CC3C2)nc1. The number of likely N-dealkylation sites (N-methyl/N-ethyl adjacent to an activating group) is 1. The van der Waals surface area contributed by atoms with E-state index in [0.29, 0.717) is 6.04 Å². The van der Waals surface area contributed by atoms with Gasteiger partial charge in [0.25, 0.3) is 0 Å². The van der Waals surface area contributed by atoms with Gasteiger partial charge in [-0.1, -0.05) is 13.0 Å². The van der Waals surface area contributed by atoms with Crippen LogP contribution >= 0.6 is 0 Å². The Kier molecular flexibility index (Phi) is 3.38. The smallest absolute Gasteiger partial charge is 0.0419 e. The zero-order chi connectivity index (χ0) is 12.5. The van der Waals surface area contributed by atoms with Crippen molar-refractivity contribution in [2.45, 2.75) is 45.1 Å². The molecule has 0 spiro atoms. The fourth-order valence-corrected chi connectivity index (χ4v) is 3.60. The third-order valence-electron chi connectivity index (χ3n) is 4.94. The normalized spacial score (nSPS) is 31.1. The number of nitrogens with one attached hydrogen (secondary N) is 1. The Morgan fingerprint density at radius 3 is 2.61 bits per heavy atom. The van der Waals surface area contributed by atoms with E-state index >= 15 is 0 Å². The molecule has 0 radical (unpaired) electrons. The van der Waals surface area contributed by atoms with Crippen molar-refractivity contribution in [3.05, 3.63) is 29.6 Å². The second kappa shape index (κ2) is 5.00. The van der Waals surface area contributed by atoms with E-state index in [2.05, 4.69) is 36.4 Å². The first-order valence-electron chi connectivity index (χ1n) is 7.41. The molecule has 0 aliphatic heterocycles. The van der Waals surface area contributed by atoms with E-state index in [1.807, 2.05) is 6.20 Å². The molecule has 2 aliphatic carbocycles. The van der Waals surface area contributed by atoms with Crippen LogP contribution in [-0.4, -0.2) is 18.1 Å². The molecule has 1 aromatic rings. The van der Waals surface area contributed by atoms with Crippen LogP contribution in [0.15, 0.2) is 18.3 Å². The number of aromatic nitrogens is 1. The van der Waals surface area contributed by atoms with E-state index in [4.69, 9.17) is 0 Å². The first-order valence-corrected chi connectivity index (χ1v) is 7.41. The zero-order valence-electron chi connectivity index (χ0n) is 11.5. The Labute approximate surface area is 110 Å². The standard InChI is InChI=1S/C16H24N2/c1-3-11-4-5-15(18-10-11)9-16(17-2)14-7-12-6-13(12)8-14/h4-5,10,12-14,16-17H,3,6-9H2,1-2H3. The van der Waals surface area contributed by atoms with E-state index in [1.165, 1.54) is 30.5 Å². The van der Waals surface area contributed by atoms with Crippen LogP contribution in [0.25, 0.3) is 0 Å². The minimum Gasteiger partial charge on any atom is -0.316 e. The number of aryl methyl sites for hydroxylation is 1. The molecule has 18 heavy (non-hydrogen) atoms. The van der Waals surface area contributed by atoms with Crippen molar-refractivity contribution < 1.29 is 0 Å². The van der Waals surface area contributed by atoms with E-state index in [9.17, 15) is 0 Å². The highest BCUT2D eigenvalue weighted by Crippen LogP contribution is 2.55. The molecule has 1 N–H and O–H groups in total. The van der Waals surface area contributed by atoms with Crippen molar-refractivity contribution in [1.82, 2.24) is 10.3 Å². The first-order chi connectivity index (χ1) is 8.80. The number of hydrogen-bond acceptors (Lipinski definition) is 2. The summed E-state index contributed by atoms with van der Waals surface area (Å²) in [6, 6.07) is 5.05. The van der Waals surface area contributed by atoms with E-state index in [1.54, 1.807) is 0 Å². The first kappa shape index (κ1) is 12.2. The molecule has 2 nitrogen and oxygen atoms in total. The van der Waals surface area contributed by atoms with Crippen molar-refractivity contribution >= 4 is 0 Å². The summed E-state index contributed by atoms with van der Waals surface area (Å²) in [4.78, 5) is 4.60. The Balaban J connectivity index is 1.61. The highest BCUT2D eigenvalue weighted by Gasteiger charge is 2.47.